The van der Waals surface area contributed by atoms with Crippen molar-refractivity contribution >= 4 is 28.1 Å². The SMILES string of the molecule is CCCNc1cn2ccnc2c(NC(C)CCS(C)=O)n1. The van der Waals surface area contributed by atoms with Gasteiger partial charge < -0.3 is 15.0 Å². The Morgan fingerprint density at radius 2 is 2.29 bits per heavy atom. The van der Waals surface area contributed by atoms with Gasteiger partial charge >= 0.3 is 0 Å². The van der Waals surface area contributed by atoms with E-state index in [1.54, 1.807) is 12.5 Å². The molecule has 2 atom stereocenters. The van der Waals surface area contributed by atoms with Crippen molar-refractivity contribution in [2.24, 2.45) is 0 Å². The lowest BCUT2D eigenvalue weighted by Crippen LogP contribution is -2.20. The van der Waals surface area contributed by atoms with Crippen LogP contribution in [0.2, 0.25) is 0 Å². The summed E-state index contributed by atoms with van der Waals surface area (Å²) in [6, 6.07) is 0.198. The molecular weight excluding hydrogens is 286 g/mol. The van der Waals surface area contributed by atoms with Crippen LogP contribution in [0.1, 0.15) is 26.7 Å². The molecule has 2 aromatic heterocycles. The molecule has 0 aliphatic heterocycles. The van der Waals surface area contributed by atoms with Crippen molar-refractivity contribution in [2.45, 2.75) is 32.7 Å². The van der Waals surface area contributed by atoms with Crippen LogP contribution in [0.25, 0.3) is 5.65 Å². The number of fused-ring (bicyclic) bond motifs is 1. The Morgan fingerprint density at radius 3 is 3.00 bits per heavy atom. The van der Waals surface area contributed by atoms with E-state index < -0.39 is 10.8 Å². The lowest BCUT2D eigenvalue weighted by molar-refractivity contribution is 0.678. The molecule has 0 saturated heterocycles. The minimum Gasteiger partial charge on any atom is -0.369 e. The molecular formula is C14H23N5OS. The molecule has 0 spiro atoms. The summed E-state index contributed by atoms with van der Waals surface area (Å²) in [5.41, 5.74) is 0.807. The summed E-state index contributed by atoms with van der Waals surface area (Å²) in [5.74, 6) is 2.28. The standard InChI is InChI=1S/C14H23N5OS/c1-4-6-15-12-10-19-8-7-16-14(19)13(18-12)17-11(2)5-9-21(3)20/h7-8,10-11,15H,4-6,9H2,1-3H3,(H,17,18). The average Bonchev–Trinajstić information content (AvgIpc) is 2.91. The van der Waals surface area contributed by atoms with Gasteiger partial charge in [-0.2, -0.15) is 0 Å². The zero-order valence-corrected chi connectivity index (χ0v) is 13.6. The van der Waals surface area contributed by atoms with Crippen LogP contribution in [0.5, 0.6) is 0 Å². The summed E-state index contributed by atoms with van der Waals surface area (Å²) in [6.07, 6.45) is 9.22. The smallest absolute Gasteiger partial charge is 0.180 e. The number of anilines is 2. The third-order valence-electron chi connectivity index (χ3n) is 3.15. The van der Waals surface area contributed by atoms with Crippen molar-refractivity contribution in [2.75, 3.05) is 29.2 Å². The number of imidazole rings is 1. The van der Waals surface area contributed by atoms with E-state index in [0.717, 1.165) is 36.7 Å². The maximum absolute atomic E-state index is 11.2. The maximum Gasteiger partial charge on any atom is 0.180 e. The van der Waals surface area contributed by atoms with Crippen LogP contribution in [0, 0.1) is 0 Å². The first-order chi connectivity index (χ1) is 10.1. The molecule has 2 N–H and O–H groups in total. The van der Waals surface area contributed by atoms with Crippen molar-refractivity contribution in [3.05, 3.63) is 18.6 Å². The van der Waals surface area contributed by atoms with Gasteiger partial charge in [-0.05, 0) is 19.8 Å². The minimum absolute atomic E-state index is 0.198. The van der Waals surface area contributed by atoms with E-state index in [-0.39, 0.29) is 6.04 Å². The van der Waals surface area contributed by atoms with Crippen molar-refractivity contribution in [3.63, 3.8) is 0 Å². The molecule has 0 saturated carbocycles. The Bertz CT molecular complexity index is 612. The van der Waals surface area contributed by atoms with Crippen LogP contribution in [0.15, 0.2) is 18.6 Å². The van der Waals surface area contributed by atoms with E-state index in [0.29, 0.717) is 5.75 Å². The van der Waals surface area contributed by atoms with Gasteiger partial charge in [-0.3, -0.25) is 4.21 Å². The topological polar surface area (TPSA) is 71.3 Å². The predicted molar refractivity (Wildman–Crippen MR) is 88.4 cm³/mol. The number of hydrogen-bond donors (Lipinski definition) is 2. The van der Waals surface area contributed by atoms with Gasteiger partial charge in [0.1, 0.15) is 5.82 Å². The highest BCUT2D eigenvalue weighted by Crippen LogP contribution is 2.18. The quantitative estimate of drug-likeness (QED) is 0.781. The summed E-state index contributed by atoms with van der Waals surface area (Å²) in [4.78, 5) is 8.93. The molecule has 7 heteroatoms. The van der Waals surface area contributed by atoms with Crippen LogP contribution in [0.3, 0.4) is 0 Å². The Hall–Kier alpha value is -1.63. The highest BCUT2D eigenvalue weighted by Gasteiger charge is 2.10. The van der Waals surface area contributed by atoms with E-state index >= 15 is 0 Å². The monoisotopic (exact) mass is 309 g/mol. The zero-order valence-electron chi connectivity index (χ0n) is 12.8. The number of rotatable bonds is 8. The lowest BCUT2D eigenvalue weighted by atomic mass is 10.2. The van der Waals surface area contributed by atoms with Crippen molar-refractivity contribution < 1.29 is 4.21 Å². The number of nitrogens with one attached hydrogen (secondary N) is 2. The second-order valence-corrected chi connectivity index (χ2v) is 6.73. The van der Waals surface area contributed by atoms with Crippen LogP contribution in [-0.2, 0) is 10.8 Å². The molecule has 0 bridgehead atoms. The molecule has 2 heterocycles. The van der Waals surface area contributed by atoms with E-state index in [4.69, 9.17) is 0 Å². The summed E-state index contributed by atoms with van der Waals surface area (Å²) in [6.45, 7) is 5.08. The second-order valence-electron chi connectivity index (χ2n) is 5.17. The summed E-state index contributed by atoms with van der Waals surface area (Å²) in [5, 5.41) is 6.67. The van der Waals surface area contributed by atoms with Gasteiger partial charge in [-0.25, -0.2) is 9.97 Å². The van der Waals surface area contributed by atoms with Crippen molar-refractivity contribution in [1.29, 1.82) is 0 Å². The van der Waals surface area contributed by atoms with Crippen LogP contribution in [0.4, 0.5) is 11.6 Å². The molecule has 6 nitrogen and oxygen atoms in total. The first-order valence-electron chi connectivity index (χ1n) is 7.24. The van der Waals surface area contributed by atoms with Gasteiger partial charge in [0.05, 0.1) is 6.20 Å². The maximum atomic E-state index is 11.2. The van der Waals surface area contributed by atoms with Gasteiger partial charge in [-0.1, -0.05) is 6.92 Å². The highest BCUT2D eigenvalue weighted by molar-refractivity contribution is 7.84. The first-order valence-corrected chi connectivity index (χ1v) is 8.97. The molecule has 21 heavy (non-hydrogen) atoms. The molecule has 2 aromatic rings. The normalized spacial score (nSPS) is 14.0. The van der Waals surface area contributed by atoms with Gasteiger partial charge in [0.2, 0.25) is 0 Å². The molecule has 0 fully saturated rings. The number of nitrogens with zero attached hydrogens (tertiary/aromatic N) is 3. The zero-order chi connectivity index (χ0) is 15.2. The fraction of sp³-hybridized carbons (Fsp3) is 0.571. The van der Waals surface area contributed by atoms with E-state index in [1.807, 2.05) is 16.8 Å². The van der Waals surface area contributed by atoms with Crippen LogP contribution >= 0.6 is 0 Å². The third-order valence-corrected chi connectivity index (χ3v) is 3.96. The molecule has 0 radical (unpaired) electrons. The Labute approximate surface area is 127 Å². The fourth-order valence-corrected chi connectivity index (χ4v) is 2.70. The molecule has 2 unspecified atom stereocenters. The average molecular weight is 309 g/mol. The van der Waals surface area contributed by atoms with Crippen molar-refractivity contribution in [3.8, 4) is 0 Å². The summed E-state index contributed by atoms with van der Waals surface area (Å²) in [7, 11) is -0.766. The Morgan fingerprint density at radius 1 is 1.48 bits per heavy atom. The Kier molecular flexibility index (Phi) is 5.55. The minimum atomic E-state index is -0.766. The molecule has 0 aliphatic rings. The molecule has 0 aromatic carbocycles. The van der Waals surface area contributed by atoms with Crippen molar-refractivity contribution in [1.82, 2.24) is 14.4 Å². The number of aromatic nitrogens is 3. The predicted octanol–water partition coefficient (Wildman–Crippen LogP) is 2.12. The van der Waals surface area contributed by atoms with Crippen LogP contribution < -0.4 is 10.6 Å². The van der Waals surface area contributed by atoms with E-state index in [2.05, 4.69) is 34.4 Å². The summed E-state index contributed by atoms with van der Waals surface area (Å²) < 4.78 is 13.1. The lowest BCUT2D eigenvalue weighted by Gasteiger charge is -2.15. The fourth-order valence-electron chi connectivity index (χ4n) is 2.02. The largest absolute Gasteiger partial charge is 0.369 e. The first kappa shape index (κ1) is 15.8. The van der Waals surface area contributed by atoms with Crippen LogP contribution in [-0.4, -0.2) is 43.2 Å². The second kappa shape index (κ2) is 7.40. The van der Waals surface area contributed by atoms with Gasteiger partial charge in [0.15, 0.2) is 11.5 Å². The Balaban J connectivity index is 2.16. The highest BCUT2D eigenvalue weighted by atomic mass is 32.2. The molecule has 2 rings (SSSR count). The number of hydrogen-bond acceptors (Lipinski definition) is 5. The van der Waals surface area contributed by atoms with Gasteiger partial charge in [0, 0.05) is 47.8 Å². The summed E-state index contributed by atoms with van der Waals surface area (Å²) >= 11 is 0. The van der Waals surface area contributed by atoms with E-state index in [9.17, 15) is 4.21 Å². The van der Waals surface area contributed by atoms with E-state index in [1.165, 1.54) is 0 Å². The molecule has 0 amide bonds. The molecule has 116 valence electrons. The van der Waals surface area contributed by atoms with Gasteiger partial charge in [-0.15, -0.1) is 0 Å². The third kappa shape index (κ3) is 4.42. The molecule has 0 aliphatic carbocycles. The van der Waals surface area contributed by atoms with Gasteiger partial charge in [0.25, 0.3) is 0 Å².